The van der Waals surface area contributed by atoms with E-state index in [1.54, 1.807) is 0 Å². The fraction of sp³-hybridized carbons (Fsp3) is 0.500. The van der Waals surface area contributed by atoms with Gasteiger partial charge in [-0.1, -0.05) is 42.5 Å². The van der Waals surface area contributed by atoms with E-state index in [0.29, 0.717) is 25.9 Å². The number of amides is 1. The molecule has 3 rings (SSSR count). The molecule has 1 saturated heterocycles. The molecule has 0 aromatic heterocycles. The zero-order chi connectivity index (χ0) is 23.8. The van der Waals surface area contributed by atoms with E-state index >= 15 is 0 Å². The van der Waals surface area contributed by atoms with Crippen LogP contribution in [0.15, 0.2) is 54.6 Å². The first-order valence-corrected chi connectivity index (χ1v) is 13.4. The van der Waals surface area contributed by atoms with Crippen molar-refractivity contribution in [2.75, 3.05) is 13.1 Å². The van der Waals surface area contributed by atoms with Gasteiger partial charge < -0.3 is 10.1 Å². The Morgan fingerprint density at radius 1 is 1.00 bits per heavy atom. The van der Waals surface area contributed by atoms with Gasteiger partial charge in [-0.3, -0.25) is 4.79 Å². The van der Waals surface area contributed by atoms with Crippen LogP contribution in [0.1, 0.15) is 51.2 Å². The molecule has 1 heterocycles. The predicted octanol–water partition coefficient (Wildman–Crippen LogP) is 4.15. The summed E-state index contributed by atoms with van der Waals surface area (Å²) < 4.78 is 32.6. The third-order valence-electron chi connectivity index (χ3n) is 5.96. The van der Waals surface area contributed by atoms with E-state index < -0.39 is 10.0 Å². The largest absolute Gasteiger partial charge is 0.491 e. The van der Waals surface area contributed by atoms with Gasteiger partial charge in [-0.15, -0.1) is 0 Å². The Balaban J connectivity index is 1.41. The van der Waals surface area contributed by atoms with Crippen LogP contribution in [0.3, 0.4) is 0 Å². The molecule has 1 aliphatic rings. The molecule has 0 radical (unpaired) electrons. The first-order valence-electron chi connectivity index (χ1n) is 11.8. The van der Waals surface area contributed by atoms with Crippen LogP contribution in [0.5, 0.6) is 5.75 Å². The minimum absolute atomic E-state index is 0.00626. The van der Waals surface area contributed by atoms with Gasteiger partial charge in [0.25, 0.3) is 0 Å². The second-order valence-corrected chi connectivity index (χ2v) is 11.1. The SMILES string of the molecule is CC(CCc1ccc(OC(C)C)cc1)NC(=O)C1CCN(S(=O)(=O)Cc2ccccc2)CC1. The quantitative estimate of drug-likeness (QED) is 0.564. The van der Waals surface area contributed by atoms with Gasteiger partial charge >= 0.3 is 0 Å². The Kier molecular flexibility index (Phi) is 8.92. The fourth-order valence-electron chi connectivity index (χ4n) is 4.10. The second kappa shape index (κ2) is 11.7. The summed E-state index contributed by atoms with van der Waals surface area (Å²) >= 11 is 0. The second-order valence-electron chi connectivity index (χ2n) is 9.17. The van der Waals surface area contributed by atoms with E-state index in [-0.39, 0.29) is 29.7 Å². The van der Waals surface area contributed by atoms with Crippen LogP contribution in [0, 0.1) is 5.92 Å². The smallest absolute Gasteiger partial charge is 0.223 e. The fourth-order valence-corrected chi connectivity index (χ4v) is 5.66. The molecular weight excluding hydrogens is 436 g/mol. The number of nitrogens with one attached hydrogen (secondary N) is 1. The van der Waals surface area contributed by atoms with Crippen LogP contribution in [-0.2, 0) is 27.0 Å². The molecule has 6 nitrogen and oxygen atoms in total. The summed E-state index contributed by atoms with van der Waals surface area (Å²) in [6.45, 7) is 6.82. The van der Waals surface area contributed by atoms with Crippen molar-refractivity contribution in [3.63, 3.8) is 0 Å². The number of sulfonamides is 1. The first kappa shape index (κ1) is 25.2. The maximum atomic E-state index is 12.7. The summed E-state index contributed by atoms with van der Waals surface area (Å²) in [5, 5.41) is 3.12. The van der Waals surface area contributed by atoms with Crippen molar-refractivity contribution < 1.29 is 17.9 Å². The number of hydrogen-bond donors (Lipinski definition) is 1. The lowest BCUT2D eigenvalue weighted by Gasteiger charge is -2.31. The lowest BCUT2D eigenvalue weighted by molar-refractivity contribution is -0.126. The van der Waals surface area contributed by atoms with Crippen LogP contribution in [0.25, 0.3) is 0 Å². The minimum atomic E-state index is -3.37. The molecule has 0 bridgehead atoms. The van der Waals surface area contributed by atoms with Gasteiger partial charge in [0.1, 0.15) is 5.75 Å². The number of ether oxygens (including phenoxy) is 1. The molecule has 1 aliphatic heterocycles. The Labute approximate surface area is 198 Å². The van der Waals surface area contributed by atoms with Gasteiger partial charge in [0.2, 0.25) is 15.9 Å². The number of carbonyl (C=O) groups is 1. The zero-order valence-electron chi connectivity index (χ0n) is 19.9. The molecular formula is C26H36N2O4S. The molecule has 33 heavy (non-hydrogen) atoms. The topological polar surface area (TPSA) is 75.7 Å². The summed E-state index contributed by atoms with van der Waals surface area (Å²) in [6, 6.07) is 17.4. The molecule has 1 amide bonds. The molecule has 2 aromatic carbocycles. The number of aryl methyl sites for hydroxylation is 1. The summed E-state index contributed by atoms with van der Waals surface area (Å²) in [6.07, 6.45) is 3.00. The molecule has 1 fully saturated rings. The first-order chi connectivity index (χ1) is 15.7. The highest BCUT2D eigenvalue weighted by atomic mass is 32.2. The van der Waals surface area contributed by atoms with Gasteiger partial charge in [-0.25, -0.2) is 12.7 Å². The average molecular weight is 473 g/mol. The number of hydrogen-bond acceptors (Lipinski definition) is 4. The third-order valence-corrected chi connectivity index (χ3v) is 7.81. The number of carbonyl (C=O) groups excluding carboxylic acids is 1. The zero-order valence-corrected chi connectivity index (χ0v) is 20.7. The number of piperidine rings is 1. The van der Waals surface area contributed by atoms with E-state index in [1.165, 1.54) is 9.87 Å². The lowest BCUT2D eigenvalue weighted by atomic mass is 9.96. The average Bonchev–Trinajstić information content (AvgIpc) is 2.79. The van der Waals surface area contributed by atoms with Crippen molar-refractivity contribution in [3.05, 3.63) is 65.7 Å². The van der Waals surface area contributed by atoms with Crippen molar-refractivity contribution in [2.45, 2.75) is 64.4 Å². The third kappa shape index (κ3) is 7.86. The van der Waals surface area contributed by atoms with Crippen LogP contribution < -0.4 is 10.1 Å². The highest BCUT2D eigenvalue weighted by Crippen LogP contribution is 2.22. The summed E-state index contributed by atoms with van der Waals surface area (Å²) in [4.78, 5) is 12.7. The molecule has 0 saturated carbocycles. The maximum Gasteiger partial charge on any atom is 0.223 e. The Bertz CT molecular complexity index is 983. The summed E-state index contributed by atoms with van der Waals surface area (Å²) in [7, 11) is -3.37. The van der Waals surface area contributed by atoms with Crippen molar-refractivity contribution in [1.82, 2.24) is 9.62 Å². The number of benzene rings is 2. The maximum absolute atomic E-state index is 12.7. The van der Waals surface area contributed by atoms with Crippen LogP contribution in [0.4, 0.5) is 0 Å². The molecule has 0 aliphatic carbocycles. The van der Waals surface area contributed by atoms with E-state index in [9.17, 15) is 13.2 Å². The van der Waals surface area contributed by atoms with Crippen molar-refractivity contribution in [3.8, 4) is 5.75 Å². The van der Waals surface area contributed by atoms with Crippen LogP contribution in [0.2, 0.25) is 0 Å². The van der Waals surface area contributed by atoms with Crippen molar-refractivity contribution in [1.29, 1.82) is 0 Å². The lowest BCUT2D eigenvalue weighted by Crippen LogP contribution is -2.45. The van der Waals surface area contributed by atoms with E-state index in [4.69, 9.17) is 4.74 Å². The summed E-state index contributed by atoms with van der Waals surface area (Å²) in [5.41, 5.74) is 2.00. The van der Waals surface area contributed by atoms with Gasteiger partial charge in [0, 0.05) is 25.0 Å². The number of nitrogens with zero attached hydrogens (tertiary/aromatic N) is 1. The Morgan fingerprint density at radius 2 is 1.64 bits per heavy atom. The normalized spacial score (nSPS) is 16.5. The van der Waals surface area contributed by atoms with Crippen molar-refractivity contribution in [2.24, 2.45) is 5.92 Å². The summed E-state index contributed by atoms with van der Waals surface area (Å²) in [5.74, 6) is 0.769. The Hall–Kier alpha value is -2.38. The molecule has 1 unspecified atom stereocenters. The van der Waals surface area contributed by atoms with Crippen molar-refractivity contribution >= 4 is 15.9 Å². The van der Waals surface area contributed by atoms with E-state index in [0.717, 1.165) is 24.2 Å². The van der Waals surface area contributed by atoms with Crippen LogP contribution in [-0.4, -0.2) is 43.9 Å². The molecule has 7 heteroatoms. The molecule has 1 atom stereocenters. The van der Waals surface area contributed by atoms with Gasteiger partial charge in [0.15, 0.2) is 0 Å². The molecule has 0 spiro atoms. The monoisotopic (exact) mass is 472 g/mol. The van der Waals surface area contributed by atoms with E-state index in [1.807, 2.05) is 63.2 Å². The van der Waals surface area contributed by atoms with Crippen LogP contribution >= 0.6 is 0 Å². The highest BCUT2D eigenvalue weighted by molar-refractivity contribution is 7.88. The molecule has 1 N–H and O–H groups in total. The standard InChI is InChI=1S/C26H36N2O4S/c1-20(2)32-25-13-11-22(12-14-25)10-9-21(3)27-26(29)24-15-17-28(18-16-24)33(30,31)19-23-7-5-4-6-8-23/h4-8,11-14,20-21,24H,9-10,15-19H2,1-3H3,(H,27,29). The predicted molar refractivity (Wildman–Crippen MR) is 131 cm³/mol. The highest BCUT2D eigenvalue weighted by Gasteiger charge is 2.31. The van der Waals surface area contributed by atoms with E-state index in [2.05, 4.69) is 17.4 Å². The number of rotatable bonds is 10. The molecule has 180 valence electrons. The molecule has 2 aromatic rings. The minimum Gasteiger partial charge on any atom is -0.491 e. The van der Waals surface area contributed by atoms with Gasteiger partial charge in [-0.05, 0) is 69.7 Å². The Morgan fingerprint density at radius 3 is 2.24 bits per heavy atom. The van der Waals surface area contributed by atoms with Gasteiger partial charge in [0.05, 0.1) is 11.9 Å². The van der Waals surface area contributed by atoms with Gasteiger partial charge in [-0.2, -0.15) is 0 Å².